The lowest BCUT2D eigenvalue weighted by molar-refractivity contribution is -0.143. The Morgan fingerprint density at radius 3 is 2.04 bits per heavy atom. The number of aliphatic imine (C=N–C) groups is 1. The van der Waals surface area contributed by atoms with E-state index in [-0.39, 0.29) is 18.8 Å². The van der Waals surface area contributed by atoms with Crippen LogP contribution in [0, 0.1) is 0 Å². The van der Waals surface area contributed by atoms with Gasteiger partial charge in [0, 0.05) is 17.3 Å². The minimum atomic E-state index is -1.57. The maximum absolute atomic E-state index is 5.78. The van der Waals surface area contributed by atoms with Crippen LogP contribution in [0.5, 0.6) is 0 Å². The molecule has 0 saturated carbocycles. The molecule has 4 nitrogen and oxygen atoms in total. The number of hydrogen-bond donors (Lipinski definition) is 0. The lowest BCUT2D eigenvalue weighted by Gasteiger charge is -2.23. The van der Waals surface area contributed by atoms with E-state index < -0.39 is 13.9 Å². The second-order valence-electron chi connectivity index (χ2n) is 6.73. The second kappa shape index (κ2) is 11.1. The van der Waals surface area contributed by atoms with E-state index in [2.05, 4.69) is 20.9 Å². The van der Waals surface area contributed by atoms with Crippen molar-refractivity contribution >= 4 is 91.4 Å². The molecule has 0 fully saturated rings. The molecular weight excluding hydrogens is 547 g/mol. The predicted octanol–water partition coefficient (Wildman–Crippen LogP) is 6.79. The number of nitrogens with zero attached hydrogens (tertiary/aromatic N) is 1. The summed E-state index contributed by atoms with van der Waals surface area (Å²) in [6, 6.07) is 0. The molecule has 0 aromatic carbocycles. The van der Waals surface area contributed by atoms with Crippen LogP contribution in [0.15, 0.2) is 16.1 Å². The van der Waals surface area contributed by atoms with E-state index in [0.717, 1.165) is 11.1 Å². The monoisotopic (exact) mass is 565 g/mol. The summed E-state index contributed by atoms with van der Waals surface area (Å²) < 4.78 is 13.7. The Morgan fingerprint density at radius 2 is 1.67 bits per heavy atom. The Kier molecular flexibility index (Phi) is 10.9. The van der Waals surface area contributed by atoms with Gasteiger partial charge < -0.3 is 14.2 Å². The Labute approximate surface area is 198 Å². The summed E-state index contributed by atoms with van der Waals surface area (Å²) in [6.07, 6.45) is 0.269. The molecule has 1 aliphatic heterocycles. The van der Waals surface area contributed by atoms with Crippen LogP contribution in [0.4, 0.5) is 0 Å². The summed E-state index contributed by atoms with van der Waals surface area (Å²) >= 11 is 38.0. The van der Waals surface area contributed by atoms with Crippen molar-refractivity contribution in [3.63, 3.8) is 0 Å². The molecule has 0 bridgehead atoms. The molecule has 0 amide bonds. The minimum Gasteiger partial charge on any atom is -0.475 e. The molecule has 0 N–H and O–H groups in total. The van der Waals surface area contributed by atoms with Gasteiger partial charge in [0.25, 0.3) is 0 Å². The molecule has 1 heterocycles. The fourth-order valence-electron chi connectivity index (χ4n) is 2.17. The van der Waals surface area contributed by atoms with Crippen molar-refractivity contribution in [1.29, 1.82) is 0 Å². The average Bonchev–Trinajstić information content (AvgIpc) is 2.87. The van der Waals surface area contributed by atoms with Crippen LogP contribution >= 0.6 is 85.5 Å². The summed E-state index contributed by atoms with van der Waals surface area (Å²) in [7, 11) is 0. The largest absolute Gasteiger partial charge is 0.475 e. The molecule has 1 aliphatic rings. The van der Waals surface area contributed by atoms with Crippen molar-refractivity contribution in [2.24, 2.45) is 4.99 Å². The highest BCUT2D eigenvalue weighted by molar-refractivity contribution is 9.09. The van der Waals surface area contributed by atoms with Gasteiger partial charge in [-0.25, -0.2) is 4.99 Å². The zero-order valence-corrected chi connectivity index (χ0v) is 21.3. The van der Waals surface area contributed by atoms with Crippen molar-refractivity contribution in [3.8, 4) is 0 Å². The first-order chi connectivity index (χ1) is 12.2. The zero-order chi connectivity index (χ0) is 20.9. The average molecular weight is 569 g/mol. The van der Waals surface area contributed by atoms with Crippen molar-refractivity contribution < 1.29 is 14.2 Å². The van der Waals surface area contributed by atoms with Gasteiger partial charge >= 0.3 is 0 Å². The number of rotatable bonds is 9. The van der Waals surface area contributed by atoms with E-state index in [9.17, 15) is 0 Å². The van der Waals surface area contributed by atoms with Crippen molar-refractivity contribution in [3.05, 3.63) is 11.1 Å². The van der Waals surface area contributed by atoms with Crippen molar-refractivity contribution in [1.82, 2.24) is 0 Å². The fourth-order valence-corrected chi connectivity index (χ4v) is 2.89. The third kappa shape index (κ3) is 11.4. The van der Waals surface area contributed by atoms with E-state index >= 15 is 0 Å². The lowest BCUT2D eigenvalue weighted by Crippen LogP contribution is -2.27. The van der Waals surface area contributed by atoms with Gasteiger partial charge in [-0.2, -0.15) is 0 Å². The van der Waals surface area contributed by atoms with Crippen LogP contribution in [0.1, 0.15) is 33.6 Å². The van der Waals surface area contributed by atoms with Gasteiger partial charge in [0.15, 0.2) is 6.29 Å². The highest BCUT2D eigenvalue weighted by atomic mass is 79.9. The van der Waals surface area contributed by atoms with Crippen molar-refractivity contribution in [2.45, 2.75) is 53.0 Å². The molecule has 0 unspecified atom stereocenters. The SMILES string of the molecule is C/C(CBr)=C(\CCC(OCC(Cl)(Cl)Cl)OCC(Cl)(Cl)Cl)C1=NC(C)(C)CO1. The summed E-state index contributed by atoms with van der Waals surface area (Å²) in [5.41, 5.74) is 1.80. The summed E-state index contributed by atoms with van der Waals surface area (Å²) in [4.78, 5) is 4.65. The van der Waals surface area contributed by atoms with Crippen LogP contribution in [-0.2, 0) is 14.2 Å². The Morgan fingerprint density at radius 1 is 1.15 bits per heavy atom. The highest BCUT2D eigenvalue weighted by Crippen LogP contribution is 2.31. The van der Waals surface area contributed by atoms with Gasteiger partial charge in [-0.05, 0) is 27.2 Å². The molecule has 0 aromatic rings. The molecule has 0 aromatic heterocycles. The maximum atomic E-state index is 5.78. The van der Waals surface area contributed by atoms with Gasteiger partial charge in [-0.1, -0.05) is 91.1 Å². The molecular formula is C16H22BrCl6NO3. The van der Waals surface area contributed by atoms with Gasteiger partial charge in [0.05, 0.1) is 18.8 Å². The van der Waals surface area contributed by atoms with E-state index in [1.165, 1.54) is 0 Å². The maximum Gasteiger partial charge on any atom is 0.213 e. The van der Waals surface area contributed by atoms with Crippen molar-refractivity contribution in [2.75, 3.05) is 25.2 Å². The van der Waals surface area contributed by atoms with Crippen LogP contribution < -0.4 is 0 Å². The number of ether oxygens (including phenoxy) is 3. The number of allylic oxidation sites excluding steroid dienone is 1. The summed E-state index contributed by atoms with van der Waals surface area (Å²) in [6.45, 7) is 6.22. The molecule has 1 rings (SSSR count). The molecule has 0 atom stereocenters. The molecule has 0 spiro atoms. The molecule has 0 aliphatic carbocycles. The van der Waals surface area contributed by atoms with E-state index in [4.69, 9.17) is 83.8 Å². The quantitative estimate of drug-likeness (QED) is 0.227. The van der Waals surface area contributed by atoms with Gasteiger partial charge in [-0.15, -0.1) is 0 Å². The Balaban J connectivity index is 2.84. The van der Waals surface area contributed by atoms with E-state index in [1.807, 2.05) is 20.8 Å². The van der Waals surface area contributed by atoms with E-state index in [1.54, 1.807) is 0 Å². The normalized spacial score (nSPS) is 18.4. The van der Waals surface area contributed by atoms with Gasteiger partial charge in [0.2, 0.25) is 13.5 Å². The number of alkyl halides is 7. The first-order valence-electron chi connectivity index (χ1n) is 8.07. The molecule has 0 saturated heterocycles. The third-order valence-electron chi connectivity index (χ3n) is 3.44. The number of halogens is 7. The Hall–Kier alpha value is 1.35. The summed E-state index contributed by atoms with van der Waals surface area (Å²) in [5, 5.41) is 0.680. The smallest absolute Gasteiger partial charge is 0.213 e. The topological polar surface area (TPSA) is 40.0 Å². The first kappa shape index (κ1) is 26.4. The van der Waals surface area contributed by atoms with E-state index in [0.29, 0.717) is 30.7 Å². The Bertz CT molecular complexity index is 539. The molecule has 158 valence electrons. The van der Waals surface area contributed by atoms with Crippen LogP contribution in [0.25, 0.3) is 0 Å². The third-order valence-corrected chi connectivity index (χ3v) is 4.93. The fraction of sp³-hybridized carbons (Fsp3) is 0.812. The van der Waals surface area contributed by atoms with Crippen LogP contribution in [-0.4, -0.2) is 50.5 Å². The zero-order valence-electron chi connectivity index (χ0n) is 15.1. The lowest BCUT2D eigenvalue weighted by atomic mass is 10.0. The van der Waals surface area contributed by atoms with Gasteiger partial charge in [0.1, 0.15) is 6.61 Å². The first-order valence-corrected chi connectivity index (χ1v) is 11.5. The van der Waals surface area contributed by atoms with Crippen LogP contribution in [0.2, 0.25) is 0 Å². The van der Waals surface area contributed by atoms with Crippen LogP contribution in [0.3, 0.4) is 0 Å². The summed E-state index contributed by atoms with van der Waals surface area (Å²) in [5.74, 6) is 0.624. The molecule has 11 heteroatoms. The predicted molar refractivity (Wildman–Crippen MR) is 119 cm³/mol. The number of hydrogen-bond acceptors (Lipinski definition) is 4. The highest BCUT2D eigenvalue weighted by Gasteiger charge is 2.30. The van der Waals surface area contributed by atoms with Gasteiger partial charge in [-0.3, -0.25) is 0 Å². The molecule has 27 heavy (non-hydrogen) atoms. The minimum absolute atomic E-state index is 0.164. The standard InChI is InChI=1S/C16H22BrCl6NO3/c1-10(6-17)11(13-24-14(2,3)7-27-13)4-5-12(25-8-15(18,19)20)26-9-16(21,22)23/h12H,4-9H2,1-3H3/b11-10-. The molecule has 0 radical (unpaired) electrons. The second-order valence-corrected chi connectivity index (χ2v) is 12.3.